The van der Waals surface area contributed by atoms with E-state index >= 15 is 0 Å². The molecule has 0 aromatic rings. The Morgan fingerprint density at radius 3 is 2.31 bits per heavy atom. The summed E-state index contributed by atoms with van der Waals surface area (Å²) in [7, 11) is -0.00661. The molecule has 0 bridgehead atoms. The van der Waals surface area contributed by atoms with Crippen molar-refractivity contribution in [1.82, 2.24) is 8.61 Å². The van der Waals surface area contributed by atoms with Gasteiger partial charge in [0.1, 0.15) is 0 Å². The zero-order valence-corrected chi connectivity index (χ0v) is 11.6. The first-order valence-corrected chi connectivity index (χ1v) is 7.65. The molecule has 0 aliphatic heterocycles. The van der Waals surface area contributed by atoms with E-state index in [4.69, 9.17) is 11.6 Å². The van der Waals surface area contributed by atoms with Gasteiger partial charge in [0.2, 0.25) is 0 Å². The van der Waals surface area contributed by atoms with E-state index in [0.717, 1.165) is 12.8 Å². The highest BCUT2D eigenvalue weighted by molar-refractivity contribution is 7.86. The molecule has 6 heteroatoms. The average molecular weight is 269 g/mol. The fourth-order valence-corrected chi connectivity index (χ4v) is 3.12. The fraction of sp³-hybridized carbons (Fsp3) is 1.00. The van der Waals surface area contributed by atoms with E-state index in [9.17, 15) is 8.42 Å². The first kappa shape index (κ1) is 14.2. The topological polar surface area (TPSA) is 40.6 Å². The Labute approximate surface area is 104 Å². The second-order valence-electron chi connectivity index (χ2n) is 4.45. The molecular formula is C10H21ClN2O2S. The number of hydrogen-bond donors (Lipinski definition) is 0. The Morgan fingerprint density at radius 1 is 1.25 bits per heavy atom. The molecule has 0 N–H and O–H groups in total. The van der Waals surface area contributed by atoms with Crippen molar-refractivity contribution < 1.29 is 8.42 Å². The van der Waals surface area contributed by atoms with Crippen LogP contribution >= 0.6 is 11.6 Å². The number of halogens is 1. The molecular weight excluding hydrogens is 248 g/mol. The van der Waals surface area contributed by atoms with Crippen LogP contribution in [-0.4, -0.2) is 50.1 Å². The molecule has 0 amide bonds. The summed E-state index contributed by atoms with van der Waals surface area (Å²) in [6, 6.07) is 0. The molecule has 0 atom stereocenters. The van der Waals surface area contributed by atoms with E-state index < -0.39 is 10.2 Å². The van der Waals surface area contributed by atoms with Crippen LogP contribution in [0.25, 0.3) is 0 Å². The van der Waals surface area contributed by atoms with E-state index in [1.165, 1.54) is 15.0 Å². The molecule has 1 saturated carbocycles. The quantitative estimate of drug-likeness (QED) is 0.657. The lowest BCUT2D eigenvalue weighted by atomic mass is 9.86. The van der Waals surface area contributed by atoms with Crippen molar-refractivity contribution in [2.45, 2.75) is 25.7 Å². The molecule has 0 heterocycles. The van der Waals surface area contributed by atoms with Crippen LogP contribution in [0.2, 0.25) is 0 Å². The van der Waals surface area contributed by atoms with E-state index in [1.807, 2.05) is 0 Å². The summed E-state index contributed by atoms with van der Waals surface area (Å²) in [5, 5.41) is 0. The maximum absolute atomic E-state index is 12.0. The highest BCUT2D eigenvalue weighted by Gasteiger charge is 2.27. The van der Waals surface area contributed by atoms with Crippen molar-refractivity contribution in [2.75, 3.05) is 33.1 Å². The lowest BCUT2D eigenvalue weighted by molar-refractivity contribution is 0.254. The van der Waals surface area contributed by atoms with Crippen molar-refractivity contribution in [3.63, 3.8) is 0 Å². The minimum Gasteiger partial charge on any atom is -0.195 e. The van der Waals surface area contributed by atoms with Crippen LogP contribution in [0, 0.1) is 5.92 Å². The monoisotopic (exact) mass is 268 g/mol. The van der Waals surface area contributed by atoms with Crippen molar-refractivity contribution >= 4 is 21.8 Å². The van der Waals surface area contributed by atoms with Gasteiger partial charge >= 0.3 is 0 Å². The molecule has 16 heavy (non-hydrogen) atoms. The maximum atomic E-state index is 12.0. The summed E-state index contributed by atoms with van der Waals surface area (Å²) >= 11 is 5.56. The smallest absolute Gasteiger partial charge is 0.195 e. The molecule has 1 fully saturated rings. The Balaban J connectivity index is 2.46. The second kappa shape index (κ2) is 6.19. The van der Waals surface area contributed by atoms with Gasteiger partial charge in [0.15, 0.2) is 0 Å². The van der Waals surface area contributed by atoms with Crippen LogP contribution in [-0.2, 0) is 10.2 Å². The third-order valence-electron chi connectivity index (χ3n) is 3.13. The Hall–Kier alpha value is 0.160. The molecule has 0 radical (unpaired) electrons. The zero-order valence-electron chi connectivity index (χ0n) is 10.0. The average Bonchev–Trinajstić information content (AvgIpc) is 2.19. The summed E-state index contributed by atoms with van der Waals surface area (Å²) in [6.45, 7) is 1.13. The minimum absolute atomic E-state index is 0.487. The largest absolute Gasteiger partial charge is 0.281 e. The maximum Gasteiger partial charge on any atom is 0.281 e. The van der Waals surface area contributed by atoms with Gasteiger partial charge in [-0.25, -0.2) is 0 Å². The van der Waals surface area contributed by atoms with Crippen molar-refractivity contribution in [3.05, 3.63) is 0 Å². The van der Waals surface area contributed by atoms with Gasteiger partial charge in [0, 0.05) is 33.1 Å². The Kier molecular flexibility index (Phi) is 5.50. The summed E-state index contributed by atoms with van der Waals surface area (Å²) in [6.07, 6.45) is 4.24. The lowest BCUT2D eigenvalue weighted by Gasteiger charge is -2.31. The van der Waals surface area contributed by atoms with Gasteiger partial charge in [0.05, 0.1) is 0 Å². The van der Waals surface area contributed by atoms with Crippen molar-refractivity contribution in [1.29, 1.82) is 0 Å². The Bertz CT molecular complexity index is 304. The van der Waals surface area contributed by atoms with Gasteiger partial charge in [-0.1, -0.05) is 6.42 Å². The molecule has 1 aliphatic carbocycles. The molecule has 0 spiro atoms. The van der Waals surface area contributed by atoms with E-state index in [-0.39, 0.29) is 0 Å². The normalized spacial score (nSPS) is 18.1. The third kappa shape index (κ3) is 3.58. The molecule has 96 valence electrons. The van der Waals surface area contributed by atoms with E-state index in [0.29, 0.717) is 31.3 Å². The lowest BCUT2D eigenvalue weighted by Crippen LogP contribution is -2.43. The van der Waals surface area contributed by atoms with Gasteiger partial charge in [-0.2, -0.15) is 17.0 Å². The second-order valence-corrected chi connectivity index (χ2v) is 6.97. The van der Waals surface area contributed by atoms with E-state index in [2.05, 4.69) is 0 Å². The van der Waals surface area contributed by atoms with Crippen LogP contribution in [0.4, 0.5) is 0 Å². The number of rotatable bonds is 7. The molecule has 1 aliphatic rings. The minimum atomic E-state index is -3.27. The molecule has 1 rings (SSSR count). The standard InChI is InChI=1S/C10H21ClN2O2S/c1-12(8-4-7-11)16(14,15)13(2)9-10-5-3-6-10/h10H,3-9H2,1-2H3. The first-order valence-electron chi connectivity index (χ1n) is 5.72. The number of nitrogens with zero attached hydrogens (tertiary/aromatic N) is 2. The highest BCUT2D eigenvalue weighted by atomic mass is 35.5. The van der Waals surface area contributed by atoms with Gasteiger partial charge < -0.3 is 0 Å². The summed E-state index contributed by atoms with van der Waals surface area (Å²) < 4.78 is 26.9. The Morgan fingerprint density at radius 2 is 1.88 bits per heavy atom. The third-order valence-corrected chi connectivity index (χ3v) is 5.31. The number of hydrogen-bond acceptors (Lipinski definition) is 2. The summed E-state index contributed by atoms with van der Waals surface area (Å²) in [5.74, 6) is 1.05. The molecule has 0 unspecified atom stereocenters. The summed E-state index contributed by atoms with van der Waals surface area (Å²) in [4.78, 5) is 0. The van der Waals surface area contributed by atoms with Gasteiger partial charge in [-0.15, -0.1) is 11.6 Å². The molecule has 4 nitrogen and oxygen atoms in total. The predicted molar refractivity (Wildman–Crippen MR) is 66.9 cm³/mol. The van der Waals surface area contributed by atoms with Crippen molar-refractivity contribution in [2.24, 2.45) is 5.92 Å². The molecule has 0 aromatic heterocycles. The molecule has 0 aromatic carbocycles. The molecule has 0 saturated heterocycles. The van der Waals surface area contributed by atoms with Crippen LogP contribution in [0.1, 0.15) is 25.7 Å². The highest BCUT2D eigenvalue weighted by Crippen LogP contribution is 2.27. The van der Waals surface area contributed by atoms with Gasteiger partial charge in [0.25, 0.3) is 10.2 Å². The van der Waals surface area contributed by atoms with Gasteiger partial charge in [-0.3, -0.25) is 0 Å². The predicted octanol–water partition coefficient (Wildman–Crippen LogP) is 1.52. The SMILES string of the molecule is CN(CCCCl)S(=O)(=O)N(C)CC1CCC1. The van der Waals surface area contributed by atoms with Crippen LogP contribution in [0.5, 0.6) is 0 Å². The van der Waals surface area contributed by atoms with Crippen LogP contribution < -0.4 is 0 Å². The fourth-order valence-electron chi connectivity index (χ4n) is 1.77. The van der Waals surface area contributed by atoms with Gasteiger partial charge in [-0.05, 0) is 25.2 Å². The number of alkyl halides is 1. The van der Waals surface area contributed by atoms with Crippen molar-refractivity contribution in [3.8, 4) is 0 Å². The summed E-state index contributed by atoms with van der Waals surface area (Å²) in [5.41, 5.74) is 0. The van der Waals surface area contributed by atoms with Crippen LogP contribution in [0.3, 0.4) is 0 Å². The first-order chi connectivity index (χ1) is 7.48. The zero-order chi connectivity index (χ0) is 12.2. The van der Waals surface area contributed by atoms with Crippen LogP contribution in [0.15, 0.2) is 0 Å². The van der Waals surface area contributed by atoms with E-state index in [1.54, 1.807) is 14.1 Å².